The second-order valence-electron chi connectivity index (χ2n) is 5.31. The molecule has 2 aromatic rings. The minimum Gasteiger partial charge on any atom is -0.465 e. The highest BCUT2D eigenvalue weighted by Gasteiger charge is 2.12. The Morgan fingerprint density at radius 1 is 1.33 bits per heavy atom. The van der Waals surface area contributed by atoms with E-state index in [1.165, 1.54) is 0 Å². The zero-order valence-electron chi connectivity index (χ0n) is 12.3. The molecule has 5 heteroatoms. The Morgan fingerprint density at radius 3 is 2.71 bits per heavy atom. The molecule has 1 aromatic heterocycles. The van der Waals surface area contributed by atoms with E-state index in [4.69, 9.17) is 21.8 Å². The smallest absolute Gasteiger partial charge is 0.118 e. The van der Waals surface area contributed by atoms with Crippen molar-refractivity contribution in [2.24, 2.45) is 5.73 Å². The lowest BCUT2D eigenvalue weighted by Crippen LogP contribution is -2.23. The molecule has 0 spiro atoms. The van der Waals surface area contributed by atoms with Crippen LogP contribution in [-0.4, -0.2) is 18.5 Å². The van der Waals surface area contributed by atoms with E-state index in [9.17, 15) is 0 Å². The molecule has 2 N–H and O–H groups in total. The zero-order valence-corrected chi connectivity index (χ0v) is 14.6. The van der Waals surface area contributed by atoms with Gasteiger partial charge in [-0.1, -0.05) is 33.6 Å². The Kier molecular flexibility index (Phi) is 5.88. The summed E-state index contributed by atoms with van der Waals surface area (Å²) in [5, 5.41) is 0.709. The van der Waals surface area contributed by atoms with Crippen LogP contribution in [0, 0.1) is 6.92 Å². The largest absolute Gasteiger partial charge is 0.465 e. The van der Waals surface area contributed by atoms with E-state index in [0.717, 1.165) is 41.1 Å². The second-order valence-corrected chi connectivity index (χ2v) is 6.63. The fourth-order valence-electron chi connectivity index (χ4n) is 2.23. The molecule has 0 bridgehead atoms. The first kappa shape index (κ1) is 16.6. The number of halogens is 2. The van der Waals surface area contributed by atoms with Gasteiger partial charge in [-0.05, 0) is 50.2 Å². The summed E-state index contributed by atoms with van der Waals surface area (Å²) < 4.78 is 6.55. The fourth-order valence-corrected chi connectivity index (χ4v) is 3.05. The quantitative estimate of drug-likeness (QED) is 0.811. The Hall–Kier alpha value is -0.810. The van der Waals surface area contributed by atoms with Gasteiger partial charge in [0.15, 0.2) is 0 Å². The molecule has 0 aliphatic heterocycles. The molecular weight excluding hydrogens is 352 g/mol. The van der Waals surface area contributed by atoms with E-state index in [2.05, 4.69) is 27.9 Å². The van der Waals surface area contributed by atoms with Crippen LogP contribution < -0.4 is 5.73 Å². The molecule has 0 radical (unpaired) electrons. The summed E-state index contributed by atoms with van der Waals surface area (Å²) in [6, 6.07) is 9.76. The Morgan fingerprint density at radius 2 is 2.10 bits per heavy atom. The third-order valence-corrected chi connectivity index (χ3v) is 4.23. The molecule has 0 saturated carbocycles. The van der Waals surface area contributed by atoms with Gasteiger partial charge in [-0.15, -0.1) is 0 Å². The first-order valence-corrected chi connectivity index (χ1v) is 8.07. The van der Waals surface area contributed by atoms with Gasteiger partial charge in [-0.2, -0.15) is 0 Å². The fraction of sp³-hybridized carbons (Fsp3) is 0.375. The molecule has 3 nitrogen and oxygen atoms in total. The van der Waals surface area contributed by atoms with Crippen LogP contribution in [0.3, 0.4) is 0 Å². The molecular formula is C16H20BrClN2O. The van der Waals surface area contributed by atoms with Gasteiger partial charge in [-0.25, -0.2) is 0 Å². The van der Waals surface area contributed by atoms with Crippen molar-refractivity contribution in [3.05, 3.63) is 56.9 Å². The number of benzene rings is 1. The SMILES string of the molecule is Cc1ccc(CN(C)CCC(N)c2ccc(Br)cc2Cl)o1. The number of furan rings is 1. The van der Waals surface area contributed by atoms with E-state index in [0.29, 0.717) is 5.02 Å². The van der Waals surface area contributed by atoms with E-state index in [1.807, 2.05) is 37.3 Å². The van der Waals surface area contributed by atoms with Crippen LogP contribution >= 0.6 is 27.5 Å². The van der Waals surface area contributed by atoms with Crippen molar-refractivity contribution in [3.8, 4) is 0 Å². The number of rotatable bonds is 6. The summed E-state index contributed by atoms with van der Waals surface area (Å²) in [5.74, 6) is 1.92. The van der Waals surface area contributed by atoms with Crippen molar-refractivity contribution < 1.29 is 4.42 Å². The molecule has 1 aromatic carbocycles. The van der Waals surface area contributed by atoms with Gasteiger partial charge in [0.05, 0.1) is 6.54 Å². The van der Waals surface area contributed by atoms with Crippen LogP contribution in [-0.2, 0) is 6.54 Å². The van der Waals surface area contributed by atoms with E-state index < -0.39 is 0 Å². The minimum atomic E-state index is -0.0635. The Balaban J connectivity index is 1.86. The van der Waals surface area contributed by atoms with Gasteiger partial charge < -0.3 is 10.2 Å². The average molecular weight is 372 g/mol. The third-order valence-electron chi connectivity index (χ3n) is 3.41. The highest BCUT2D eigenvalue weighted by molar-refractivity contribution is 9.10. The predicted molar refractivity (Wildman–Crippen MR) is 90.5 cm³/mol. The van der Waals surface area contributed by atoms with E-state index in [-0.39, 0.29) is 6.04 Å². The first-order valence-electron chi connectivity index (χ1n) is 6.90. The first-order chi connectivity index (χ1) is 9.95. The lowest BCUT2D eigenvalue weighted by atomic mass is 10.0. The lowest BCUT2D eigenvalue weighted by Gasteiger charge is -2.19. The van der Waals surface area contributed by atoms with E-state index >= 15 is 0 Å². The van der Waals surface area contributed by atoms with Crippen molar-refractivity contribution in [3.63, 3.8) is 0 Å². The van der Waals surface area contributed by atoms with Gasteiger partial charge in [0.1, 0.15) is 11.5 Å². The van der Waals surface area contributed by atoms with Gasteiger partial charge >= 0.3 is 0 Å². The van der Waals surface area contributed by atoms with Crippen LogP contribution in [0.15, 0.2) is 39.2 Å². The van der Waals surface area contributed by atoms with Crippen LogP contribution in [0.25, 0.3) is 0 Å². The van der Waals surface area contributed by atoms with Crippen molar-refractivity contribution in [1.29, 1.82) is 0 Å². The normalized spacial score (nSPS) is 12.9. The Labute approximate surface area is 139 Å². The minimum absolute atomic E-state index is 0.0635. The molecule has 0 saturated heterocycles. The van der Waals surface area contributed by atoms with Crippen LogP contribution in [0.1, 0.15) is 29.5 Å². The second kappa shape index (κ2) is 7.45. The van der Waals surface area contributed by atoms with Gasteiger partial charge in [0.2, 0.25) is 0 Å². The Bertz CT molecular complexity index is 600. The average Bonchev–Trinajstić information content (AvgIpc) is 2.81. The molecule has 0 fully saturated rings. The van der Waals surface area contributed by atoms with Crippen LogP contribution in [0.5, 0.6) is 0 Å². The molecule has 21 heavy (non-hydrogen) atoms. The molecule has 0 aliphatic carbocycles. The summed E-state index contributed by atoms with van der Waals surface area (Å²) in [6.45, 7) is 3.62. The lowest BCUT2D eigenvalue weighted by molar-refractivity contribution is 0.281. The van der Waals surface area contributed by atoms with Gasteiger partial charge in [0, 0.05) is 22.1 Å². The highest BCUT2D eigenvalue weighted by Crippen LogP contribution is 2.27. The molecule has 1 heterocycles. The van der Waals surface area contributed by atoms with Crippen molar-refractivity contribution in [2.75, 3.05) is 13.6 Å². The maximum atomic E-state index is 6.24. The number of nitrogens with zero attached hydrogens (tertiary/aromatic N) is 1. The summed E-state index contributed by atoms with van der Waals surface area (Å²) in [5.41, 5.74) is 7.23. The van der Waals surface area contributed by atoms with Crippen molar-refractivity contribution in [2.45, 2.75) is 25.9 Å². The molecule has 0 aliphatic rings. The standard InChI is InChI=1S/C16H20BrClN2O/c1-11-3-5-13(21-11)10-20(2)8-7-16(19)14-6-4-12(17)9-15(14)18/h3-6,9,16H,7-8,10,19H2,1-2H3. The topological polar surface area (TPSA) is 42.4 Å². The molecule has 1 atom stereocenters. The van der Waals surface area contributed by atoms with Gasteiger partial charge in [0.25, 0.3) is 0 Å². The maximum Gasteiger partial charge on any atom is 0.118 e. The van der Waals surface area contributed by atoms with Crippen LogP contribution in [0.2, 0.25) is 5.02 Å². The summed E-state index contributed by atoms with van der Waals surface area (Å²) in [7, 11) is 2.06. The summed E-state index contributed by atoms with van der Waals surface area (Å²) in [4.78, 5) is 2.20. The number of hydrogen-bond donors (Lipinski definition) is 1. The van der Waals surface area contributed by atoms with Crippen molar-refractivity contribution in [1.82, 2.24) is 4.90 Å². The maximum absolute atomic E-state index is 6.24. The number of hydrogen-bond acceptors (Lipinski definition) is 3. The number of nitrogens with two attached hydrogens (primary N) is 1. The number of aryl methyl sites for hydroxylation is 1. The summed E-state index contributed by atoms with van der Waals surface area (Å²) >= 11 is 9.64. The molecule has 1 unspecified atom stereocenters. The molecule has 2 rings (SSSR count). The highest BCUT2D eigenvalue weighted by atomic mass is 79.9. The van der Waals surface area contributed by atoms with E-state index in [1.54, 1.807) is 0 Å². The van der Waals surface area contributed by atoms with Crippen molar-refractivity contribution >= 4 is 27.5 Å². The predicted octanol–water partition coefficient (Wildman–Crippen LogP) is 4.53. The van der Waals surface area contributed by atoms with Gasteiger partial charge in [-0.3, -0.25) is 4.90 Å². The summed E-state index contributed by atoms with van der Waals surface area (Å²) in [6.07, 6.45) is 0.845. The third kappa shape index (κ3) is 4.85. The van der Waals surface area contributed by atoms with Crippen LogP contribution in [0.4, 0.5) is 0 Å². The zero-order chi connectivity index (χ0) is 15.4. The molecule has 0 amide bonds. The monoisotopic (exact) mass is 370 g/mol. The molecule has 114 valence electrons.